The van der Waals surface area contributed by atoms with Gasteiger partial charge in [0.1, 0.15) is 6.61 Å². The molecule has 0 aromatic heterocycles. The standard InChI is InChI=1S/C26H27NO4/c28-25(31-16-19-7-2-1-3-8-19)27-22-14-26(29,15-23(27)18-30-17-22)13-21-11-6-10-20-9-4-5-12-24(20)21/h1-12,22-23,29H,13-18H2. The van der Waals surface area contributed by atoms with Crippen molar-refractivity contribution in [2.24, 2.45) is 0 Å². The summed E-state index contributed by atoms with van der Waals surface area (Å²) in [7, 11) is 0. The summed E-state index contributed by atoms with van der Waals surface area (Å²) in [5, 5.41) is 13.9. The van der Waals surface area contributed by atoms with Crippen LogP contribution in [0.25, 0.3) is 10.8 Å². The number of aliphatic hydroxyl groups is 1. The van der Waals surface area contributed by atoms with Gasteiger partial charge in [-0.25, -0.2) is 4.79 Å². The molecule has 5 heteroatoms. The molecule has 3 aromatic carbocycles. The lowest BCUT2D eigenvalue weighted by molar-refractivity contribution is -0.132. The van der Waals surface area contributed by atoms with Crippen LogP contribution in [0.3, 0.4) is 0 Å². The number of carbonyl (C=O) groups excluding carboxylic acids is 1. The van der Waals surface area contributed by atoms with Gasteiger partial charge < -0.3 is 14.6 Å². The molecule has 2 saturated heterocycles. The van der Waals surface area contributed by atoms with Crippen LogP contribution >= 0.6 is 0 Å². The van der Waals surface area contributed by atoms with Crippen molar-refractivity contribution in [1.82, 2.24) is 4.90 Å². The van der Waals surface area contributed by atoms with E-state index < -0.39 is 5.60 Å². The van der Waals surface area contributed by atoms with Crippen LogP contribution in [-0.4, -0.2) is 47.0 Å². The lowest BCUT2D eigenvalue weighted by atomic mass is 9.77. The van der Waals surface area contributed by atoms with E-state index in [4.69, 9.17) is 9.47 Å². The third-order valence-electron chi connectivity index (χ3n) is 6.45. The fraction of sp³-hybridized carbons (Fsp3) is 0.346. The zero-order valence-electron chi connectivity index (χ0n) is 17.4. The summed E-state index contributed by atoms with van der Waals surface area (Å²) in [5.41, 5.74) is 1.22. The third kappa shape index (κ3) is 4.16. The Balaban J connectivity index is 1.31. The molecule has 2 unspecified atom stereocenters. The molecular weight excluding hydrogens is 390 g/mol. The molecule has 0 radical (unpaired) electrons. The minimum atomic E-state index is -0.876. The van der Waals surface area contributed by atoms with Gasteiger partial charge in [0, 0.05) is 6.42 Å². The third-order valence-corrected chi connectivity index (χ3v) is 6.45. The van der Waals surface area contributed by atoms with Crippen LogP contribution < -0.4 is 0 Å². The van der Waals surface area contributed by atoms with Gasteiger partial charge in [-0.3, -0.25) is 4.90 Å². The number of carbonyl (C=O) groups is 1. The molecule has 1 amide bonds. The van der Waals surface area contributed by atoms with Crippen LogP contribution in [0.5, 0.6) is 0 Å². The molecule has 0 saturated carbocycles. The van der Waals surface area contributed by atoms with Crippen molar-refractivity contribution in [3.8, 4) is 0 Å². The molecule has 0 aliphatic carbocycles. The maximum absolute atomic E-state index is 12.9. The molecule has 2 aliphatic heterocycles. The van der Waals surface area contributed by atoms with Crippen molar-refractivity contribution in [1.29, 1.82) is 0 Å². The summed E-state index contributed by atoms with van der Waals surface area (Å²) in [5.74, 6) is 0. The van der Waals surface area contributed by atoms with Crippen LogP contribution in [0, 0.1) is 0 Å². The number of piperidine rings is 1. The highest BCUT2D eigenvalue weighted by Gasteiger charge is 2.48. The quantitative estimate of drug-likeness (QED) is 0.687. The number of morpholine rings is 1. The normalized spacial score (nSPS) is 25.4. The van der Waals surface area contributed by atoms with E-state index in [1.165, 1.54) is 10.8 Å². The molecule has 5 nitrogen and oxygen atoms in total. The first-order chi connectivity index (χ1) is 15.1. The number of fused-ring (bicyclic) bond motifs is 3. The van der Waals surface area contributed by atoms with E-state index in [9.17, 15) is 9.90 Å². The molecule has 2 fully saturated rings. The van der Waals surface area contributed by atoms with Crippen molar-refractivity contribution in [3.05, 3.63) is 83.9 Å². The topological polar surface area (TPSA) is 59.0 Å². The highest BCUT2D eigenvalue weighted by Crippen LogP contribution is 2.38. The molecular formula is C26H27NO4. The molecule has 160 valence electrons. The van der Waals surface area contributed by atoms with Crippen LogP contribution in [-0.2, 0) is 22.5 Å². The molecule has 1 N–H and O–H groups in total. The molecule has 3 aromatic rings. The molecule has 5 rings (SSSR count). The van der Waals surface area contributed by atoms with Crippen molar-refractivity contribution >= 4 is 16.9 Å². The van der Waals surface area contributed by atoms with Gasteiger partial charge in [-0.15, -0.1) is 0 Å². The van der Waals surface area contributed by atoms with Crippen LogP contribution in [0.4, 0.5) is 4.79 Å². The number of hydrogen-bond donors (Lipinski definition) is 1. The Labute approximate surface area is 182 Å². The lowest BCUT2D eigenvalue weighted by Gasteiger charge is -2.51. The van der Waals surface area contributed by atoms with Gasteiger partial charge in [-0.2, -0.15) is 0 Å². The van der Waals surface area contributed by atoms with Gasteiger partial charge >= 0.3 is 6.09 Å². The fourth-order valence-electron chi connectivity index (χ4n) is 5.11. The van der Waals surface area contributed by atoms with E-state index in [1.807, 2.05) is 48.5 Å². The van der Waals surface area contributed by atoms with Gasteiger partial charge in [0.15, 0.2) is 0 Å². The molecule has 0 spiro atoms. The number of amides is 1. The van der Waals surface area contributed by atoms with E-state index in [0.29, 0.717) is 32.5 Å². The van der Waals surface area contributed by atoms with Crippen molar-refractivity contribution < 1.29 is 19.4 Å². The maximum Gasteiger partial charge on any atom is 0.410 e. The fourth-order valence-corrected chi connectivity index (χ4v) is 5.11. The molecule has 2 aliphatic rings. The molecule has 2 bridgehead atoms. The second kappa shape index (κ2) is 8.33. The Bertz CT molecular complexity index is 1050. The van der Waals surface area contributed by atoms with E-state index >= 15 is 0 Å². The number of benzene rings is 3. The largest absolute Gasteiger partial charge is 0.445 e. The highest BCUT2D eigenvalue weighted by atomic mass is 16.6. The number of nitrogens with zero attached hydrogens (tertiary/aromatic N) is 1. The van der Waals surface area contributed by atoms with Crippen molar-refractivity contribution in [2.45, 2.75) is 43.6 Å². The summed E-state index contributed by atoms with van der Waals surface area (Å²) < 4.78 is 11.3. The highest BCUT2D eigenvalue weighted by molar-refractivity contribution is 5.85. The lowest BCUT2D eigenvalue weighted by Crippen LogP contribution is -2.64. The summed E-state index contributed by atoms with van der Waals surface area (Å²) in [6.45, 7) is 1.10. The first-order valence-corrected chi connectivity index (χ1v) is 10.9. The van der Waals surface area contributed by atoms with Gasteiger partial charge in [-0.1, -0.05) is 72.8 Å². The first-order valence-electron chi connectivity index (χ1n) is 10.9. The van der Waals surface area contributed by atoms with Gasteiger partial charge in [-0.05, 0) is 34.7 Å². The van der Waals surface area contributed by atoms with Crippen LogP contribution in [0.2, 0.25) is 0 Å². The SMILES string of the molecule is O=C(OCc1ccccc1)N1C2COCC1CC(O)(Cc1cccc3ccccc13)C2. The van der Waals surface area contributed by atoms with Gasteiger partial charge in [0.25, 0.3) is 0 Å². The Hall–Kier alpha value is -2.89. The Morgan fingerprint density at radius 2 is 1.65 bits per heavy atom. The van der Waals surface area contributed by atoms with Crippen molar-refractivity contribution in [2.75, 3.05) is 13.2 Å². The number of rotatable bonds is 4. The van der Waals surface area contributed by atoms with E-state index in [1.54, 1.807) is 4.90 Å². The summed E-state index contributed by atoms with van der Waals surface area (Å²) in [6, 6.07) is 23.8. The predicted molar refractivity (Wildman–Crippen MR) is 119 cm³/mol. The monoisotopic (exact) mass is 417 g/mol. The van der Waals surface area contributed by atoms with Crippen LogP contribution in [0.1, 0.15) is 24.0 Å². The summed E-state index contributed by atoms with van der Waals surface area (Å²) in [4.78, 5) is 14.7. The second-order valence-corrected chi connectivity index (χ2v) is 8.74. The summed E-state index contributed by atoms with van der Waals surface area (Å²) >= 11 is 0. The molecule has 2 atom stereocenters. The van der Waals surface area contributed by atoms with Gasteiger partial charge in [0.2, 0.25) is 0 Å². The van der Waals surface area contributed by atoms with E-state index in [2.05, 4.69) is 24.3 Å². The molecule has 31 heavy (non-hydrogen) atoms. The second-order valence-electron chi connectivity index (χ2n) is 8.74. The van der Waals surface area contributed by atoms with E-state index in [0.717, 1.165) is 11.1 Å². The zero-order valence-corrected chi connectivity index (χ0v) is 17.4. The average molecular weight is 418 g/mol. The Kier molecular flexibility index (Phi) is 5.38. The zero-order chi connectivity index (χ0) is 21.3. The first kappa shape index (κ1) is 20.0. The Morgan fingerprint density at radius 1 is 0.968 bits per heavy atom. The van der Waals surface area contributed by atoms with Gasteiger partial charge in [0.05, 0.1) is 30.9 Å². The number of ether oxygens (including phenoxy) is 2. The smallest absolute Gasteiger partial charge is 0.410 e. The Morgan fingerprint density at radius 3 is 2.42 bits per heavy atom. The summed E-state index contributed by atoms with van der Waals surface area (Å²) in [6.07, 6.45) is 1.20. The molecule has 2 heterocycles. The van der Waals surface area contributed by atoms with E-state index in [-0.39, 0.29) is 24.8 Å². The number of hydrogen-bond acceptors (Lipinski definition) is 4. The minimum absolute atomic E-state index is 0.184. The maximum atomic E-state index is 12.9. The van der Waals surface area contributed by atoms with Crippen LogP contribution in [0.15, 0.2) is 72.8 Å². The minimum Gasteiger partial charge on any atom is -0.445 e. The van der Waals surface area contributed by atoms with Crippen molar-refractivity contribution in [3.63, 3.8) is 0 Å². The average Bonchev–Trinajstić information content (AvgIpc) is 2.78. The predicted octanol–water partition coefficient (Wildman–Crippen LogP) is 4.31.